The van der Waals surface area contributed by atoms with Gasteiger partial charge in [0.15, 0.2) is 0 Å². The smallest absolute Gasteiger partial charge is 0.277 e. The first-order valence-corrected chi connectivity index (χ1v) is 8.48. The van der Waals surface area contributed by atoms with Gasteiger partial charge in [-0.3, -0.25) is 4.79 Å². The molecule has 0 unspecified atom stereocenters. The molecule has 0 aliphatic heterocycles. The molecule has 1 heterocycles. The van der Waals surface area contributed by atoms with Gasteiger partial charge in [-0.1, -0.05) is 6.07 Å². The van der Waals surface area contributed by atoms with Crippen LogP contribution in [0.4, 0.5) is 61.5 Å². The standard InChI is InChI=1S/C13H4ClF14NO3S/c14-10(21,22)8(17,18)11(23,24)32-13(27,28)9(19,20)12(25,26)31-7(15,16)6(30)33-5-3-1-2-4-29-5/h1-4H. The number of nitrogens with zero attached hydrogens (tertiary/aromatic N) is 1. The Morgan fingerprint density at radius 2 is 1.21 bits per heavy atom. The minimum atomic E-state index is -7.68. The molecule has 0 aliphatic carbocycles. The van der Waals surface area contributed by atoms with Crippen molar-refractivity contribution in [2.75, 3.05) is 0 Å². The maximum absolute atomic E-state index is 13.5. The molecular weight excluding hydrogens is 552 g/mol. The average molecular weight is 556 g/mol. The van der Waals surface area contributed by atoms with Gasteiger partial charge in [-0.25, -0.2) is 14.5 Å². The molecule has 0 aromatic carbocycles. The normalized spacial score (nSPS) is 15.0. The fourth-order valence-electron chi connectivity index (χ4n) is 1.45. The van der Waals surface area contributed by atoms with Crippen LogP contribution >= 0.6 is 23.4 Å². The molecule has 33 heavy (non-hydrogen) atoms. The summed E-state index contributed by atoms with van der Waals surface area (Å²) < 4.78 is 187. The Kier molecular flexibility index (Phi) is 7.92. The molecule has 0 amide bonds. The highest BCUT2D eigenvalue weighted by Gasteiger charge is 2.82. The van der Waals surface area contributed by atoms with Gasteiger partial charge in [0.25, 0.3) is 5.12 Å². The number of hydrogen-bond acceptors (Lipinski definition) is 5. The number of alkyl halides is 15. The SMILES string of the molecule is O=C(Sc1ccccn1)C(F)(F)OC(F)(F)C(F)(F)C(F)(F)OC(F)(F)C(F)(F)C(F)(F)Cl. The second kappa shape index (κ2) is 8.88. The van der Waals surface area contributed by atoms with E-state index < -0.39 is 63.6 Å². The summed E-state index contributed by atoms with van der Waals surface area (Å²) in [5.74, 6) is -14.9. The van der Waals surface area contributed by atoms with Crippen LogP contribution in [-0.2, 0) is 14.3 Å². The number of aromatic nitrogens is 1. The second-order valence-electron chi connectivity index (χ2n) is 5.48. The summed E-state index contributed by atoms with van der Waals surface area (Å²) in [7, 11) is 0. The number of thioether (sulfide) groups is 1. The lowest BCUT2D eigenvalue weighted by Gasteiger charge is -2.36. The predicted molar refractivity (Wildman–Crippen MR) is 77.8 cm³/mol. The Bertz CT molecular complexity index is 848. The zero-order valence-corrected chi connectivity index (χ0v) is 16.1. The zero-order chi connectivity index (χ0) is 26.3. The van der Waals surface area contributed by atoms with E-state index in [0.29, 0.717) is 0 Å². The number of ether oxygens (including phenoxy) is 2. The summed E-state index contributed by atoms with van der Waals surface area (Å²) >= 11 is 2.82. The molecule has 20 heteroatoms. The number of hydrogen-bond donors (Lipinski definition) is 0. The number of carbonyl (C=O) groups is 1. The van der Waals surface area contributed by atoms with E-state index in [9.17, 15) is 66.3 Å². The molecule has 0 aliphatic rings. The molecule has 0 saturated carbocycles. The first kappa shape index (κ1) is 29.4. The van der Waals surface area contributed by atoms with E-state index >= 15 is 0 Å². The molecule has 0 radical (unpaired) electrons. The van der Waals surface area contributed by atoms with E-state index in [1.54, 1.807) is 0 Å². The van der Waals surface area contributed by atoms with Gasteiger partial charge in [-0.15, -0.1) is 0 Å². The summed E-state index contributed by atoms with van der Waals surface area (Å²) in [6.45, 7) is 0. The summed E-state index contributed by atoms with van der Waals surface area (Å²) in [5.41, 5.74) is 0. The Hall–Kier alpha value is -1.60. The topological polar surface area (TPSA) is 48.4 Å². The Morgan fingerprint density at radius 1 is 0.758 bits per heavy atom. The van der Waals surface area contributed by atoms with Crippen molar-refractivity contribution in [2.24, 2.45) is 0 Å². The number of halogens is 15. The van der Waals surface area contributed by atoms with Gasteiger partial charge in [-0.2, -0.15) is 61.5 Å². The van der Waals surface area contributed by atoms with Gasteiger partial charge >= 0.3 is 41.7 Å². The molecule has 1 aromatic rings. The molecule has 0 saturated heterocycles. The summed E-state index contributed by atoms with van der Waals surface area (Å²) in [6.07, 6.45) is -27.4. The molecule has 0 bridgehead atoms. The third kappa shape index (κ3) is 5.91. The number of rotatable bonds is 10. The molecule has 1 aromatic heterocycles. The van der Waals surface area contributed by atoms with Gasteiger partial charge < -0.3 is 0 Å². The minimum absolute atomic E-state index is 0.654. The third-order valence-corrected chi connectivity index (χ3v) is 4.15. The first-order chi connectivity index (χ1) is 14.4. The quantitative estimate of drug-likeness (QED) is 0.195. The van der Waals surface area contributed by atoms with Crippen molar-refractivity contribution in [1.82, 2.24) is 4.98 Å². The molecular formula is C13H4ClF14NO3S. The minimum Gasteiger partial charge on any atom is -0.277 e. The fraction of sp³-hybridized carbons (Fsp3) is 0.538. The van der Waals surface area contributed by atoms with Crippen LogP contribution in [0.3, 0.4) is 0 Å². The Labute approximate surface area is 181 Å². The van der Waals surface area contributed by atoms with Gasteiger partial charge in [0.2, 0.25) is 0 Å². The molecule has 1 rings (SSSR count). The van der Waals surface area contributed by atoms with Gasteiger partial charge in [0.1, 0.15) is 5.03 Å². The van der Waals surface area contributed by atoms with Crippen molar-refractivity contribution in [1.29, 1.82) is 0 Å². The maximum Gasteiger partial charge on any atom is 0.433 e. The van der Waals surface area contributed by atoms with Crippen molar-refractivity contribution in [2.45, 2.75) is 46.7 Å². The number of carbonyl (C=O) groups excluding carboxylic acids is 1. The van der Waals surface area contributed by atoms with Gasteiger partial charge in [-0.05, 0) is 35.5 Å². The Morgan fingerprint density at radius 3 is 1.64 bits per heavy atom. The van der Waals surface area contributed by atoms with Crippen molar-refractivity contribution in [3.63, 3.8) is 0 Å². The molecule has 0 spiro atoms. The zero-order valence-electron chi connectivity index (χ0n) is 14.6. The third-order valence-electron chi connectivity index (χ3n) is 3.04. The van der Waals surface area contributed by atoms with Gasteiger partial charge in [0, 0.05) is 6.20 Å². The van der Waals surface area contributed by atoms with Crippen LogP contribution in [0.15, 0.2) is 29.4 Å². The van der Waals surface area contributed by atoms with Crippen LogP contribution < -0.4 is 0 Å². The van der Waals surface area contributed by atoms with Crippen LogP contribution in [0.1, 0.15) is 0 Å². The van der Waals surface area contributed by atoms with E-state index in [2.05, 4.69) is 21.3 Å². The molecule has 0 atom stereocenters. The molecule has 0 fully saturated rings. The van der Waals surface area contributed by atoms with E-state index in [1.807, 2.05) is 0 Å². The molecule has 4 nitrogen and oxygen atoms in total. The van der Waals surface area contributed by atoms with Crippen molar-refractivity contribution in [3.8, 4) is 0 Å². The summed E-state index contributed by atoms with van der Waals surface area (Å²) in [4.78, 5) is 14.5. The van der Waals surface area contributed by atoms with Crippen LogP contribution in [0.2, 0.25) is 0 Å². The molecule has 190 valence electrons. The van der Waals surface area contributed by atoms with E-state index in [-0.39, 0.29) is 0 Å². The number of pyridine rings is 1. The summed E-state index contributed by atoms with van der Waals surface area (Å²) in [6, 6.07) is 3.07. The molecule has 0 N–H and O–H groups in total. The fourth-order valence-corrected chi connectivity index (χ4v) is 2.17. The lowest BCUT2D eigenvalue weighted by molar-refractivity contribution is -0.524. The maximum atomic E-state index is 13.5. The predicted octanol–water partition coefficient (Wildman–Crippen LogP) is 6.21. The monoisotopic (exact) mass is 555 g/mol. The van der Waals surface area contributed by atoms with Crippen LogP contribution in [0.5, 0.6) is 0 Å². The van der Waals surface area contributed by atoms with Crippen LogP contribution in [0, 0.1) is 0 Å². The van der Waals surface area contributed by atoms with Crippen LogP contribution in [-0.4, -0.2) is 51.8 Å². The van der Waals surface area contributed by atoms with E-state index in [4.69, 9.17) is 0 Å². The van der Waals surface area contributed by atoms with Crippen molar-refractivity contribution < 1.29 is 75.7 Å². The average Bonchev–Trinajstić information content (AvgIpc) is 2.59. The first-order valence-electron chi connectivity index (χ1n) is 7.28. The highest BCUT2D eigenvalue weighted by molar-refractivity contribution is 8.13. The van der Waals surface area contributed by atoms with Gasteiger partial charge in [0.05, 0.1) is 0 Å². The van der Waals surface area contributed by atoms with Crippen molar-refractivity contribution in [3.05, 3.63) is 24.4 Å². The highest BCUT2D eigenvalue weighted by Crippen LogP contribution is 2.55. The largest absolute Gasteiger partial charge is 0.433 e. The lowest BCUT2D eigenvalue weighted by Crippen LogP contribution is -2.63. The van der Waals surface area contributed by atoms with Crippen LogP contribution in [0.25, 0.3) is 0 Å². The highest BCUT2D eigenvalue weighted by atomic mass is 35.5. The second-order valence-corrected chi connectivity index (χ2v) is 6.94. The van der Waals surface area contributed by atoms with E-state index in [1.165, 1.54) is 10.8 Å². The lowest BCUT2D eigenvalue weighted by atomic mass is 10.2. The van der Waals surface area contributed by atoms with Crippen molar-refractivity contribution >= 4 is 28.5 Å². The Balaban J connectivity index is 3.18. The summed E-state index contributed by atoms with van der Waals surface area (Å²) in [5, 5.41) is -9.94. The van der Waals surface area contributed by atoms with E-state index in [0.717, 1.165) is 18.3 Å².